The van der Waals surface area contributed by atoms with Gasteiger partial charge in [0.15, 0.2) is 0 Å². The Kier molecular flexibility index (Phi) is 7.77. The molecule has 5 rings (SSSR count). The van der Waals surface area contributed by atoms with Gasteiger partial charge in [-0.15, -0.1) is 12.4 Å². The van der Waals surface area contributed by atoms with Gasteiger partial charge in [-0.25, -0.2) is 0 Å². The van der Waals surface area contributed by atoms with Crippen LogP contribution in [-0.4, -0.2) is 30.0 Å². The lowest BCUT2D eigenvalue weighted by Crippen LogP contribution is -2.48. The average Bonchev–Trinajstić information content (AvgIpc) is 3.28. The van der Waals surface area contributed by atoms with E-state index in [-0.39, 0.29) is 17.9 Å². The zero-order chi connectivity index (χ0) is 22.7. The molecule has 3 nitrogen and oxygen atoms in total. The van der Waals surface area contributed by atoms with E-state index in [1.807, 2.05) is 0 Å². The molecule has 1 heterocycles. The van der Waals surface area contributed by atoms with Crippen LogP contribution in [0.3, 0.4) is 0 Å². The zero-order valence-corrected chi connectivity index (χ0v) is 21.0. The molecule has 1 unspecified atom stereocenters. The van der Waals surface area contributed by atoms with Gasteiger partial charge in [-0.3, -0.25) is 4.90 Å². The van der Waals surface area contributed by atoms with Gasteiger partial charge in [0.05, 0.1) is 0 Å². The van der Waals surface area contributed by atoms with E-state index < -0.39 is 0 Å². The van der Waals surface area contributed by atoms with E-state index in [0.29, 0.717) is 12.1 Å². The Morgan fingerprint density at radius 3 is 2.18 bits per heavy atom. The molecule has 0 radical (unpaired) electrons. The number of hydrogen-bond donors (Lipinski definition) is 2. The number of hydrogen-bond acceptors (Lipinski definition) is 2. The molecule has 178 valence electrons. The number of nitrogens with zero attached hydrogens (tertiary/aromatic N) is 1. The molecule has 1 fully saturated rings. The van der Waals surface area contributed by atoms with Crippen molar-refractivity contribution in [2.45, 2.75) is 49.7 Å². The topological polar surface area (TPSA) is 31.1 Å². The number of benzene rings is 3. The molecular formula is C30H36ClN3. The summed E-state index contributed by atoms with van der Waals surface area (Å²) in [4.78, 5) is 5.90. The second-order valence-corrected chi connectivity index (χ2v) is 9.76. The first kappa shape index (κ1) is 24.5. The number of halogens is 1. The van der Waals surface area contributed by atoms with Crippen molar-refractivity contribution in [2.75, 3.05) is 14.1 Å². The molecule has 4 aromatic rings. The lowest BCUT2D eigenvalue weighted by molar-refractivity contribution is 0.0832. The number of aromatic amines is 1. The normalized spacial score (nSPS) is 21.3. The second kappa shape index (κ2) is 10.8. The molecule has 1 saturated carbocycles. The molecule has 4 heteroatoms. The summed E-state index contributed by atoms with van der Waals surface area (Å²) in [5.41, 5.74) is 5.56. The molecule has 1 aliphatic carbocycles. The van der Waals surface area contributed by atoms with Gasteiger partial charge in [0.1, 0.15) is 0 Å². The Morgan fingerprint density at radius 1 is 0.882 bits per heavy atom. The zero-order valence-electron chi connectivity index (χ0n) is 20.2. The summed E-state index contributed by atoms with van der Waals surface area (Å²) < 4.78 is 0. The van der Waals surface area contributed by atoms with Crippen LogP contribution in [0.25, 0.3) is 10.9 Å². The van der Waals surface area contributed by atoms with Crippen LogP contribution in [-0.2, 0) is 12.0 Å². The van der Waals surface area contributed by atoms with Crippen LogP contribution >= 0.6 is 12.4 Å². The van der Waals surface area contributed by atoms with Crippen molar-refractivity contribution in [3.8, 4) is 0 Å². The highest BCUT2D eigenvalue weighted by molar-refractivity contribution is 5.85. The Labute approximate surface area is 210 Å². The van der Waals surface area contributed by atoms with Crippen LogP contribution in [0.1, 0.15) is 48.4 Å². The maximum absolute atomic E-state index is 4.07. The minimum absolute atomic E-state index is 0. The van der Waals surface area contributed by atoms with E-state index in [0.717, 1.165) is 6.42 Å². The molecular weight excluding hydrogens is 438 g/mol. The van der Waals surface area contributed by atoms with E-state index in [9.17, 15) is 0 Å². The summed E-state index contributed by atoms with van der Waals surface area (Å²) in [7, 11) is 4.48. The lowest BCUT2D eigenvalue weighted by Gasteiger charge is -2.46. The van der Waals surface area contributed by atoms with Crippen LogP contribution in [0.2, 0.25) is 0 Å². The fourth-order valence-electron chi connectivity index (χ4n) is 5.77. The standard InChI is InChI=1S/C30H35N3.ClH/c1-33(2)30(25-13-7-4-8-14-25)19-17-26(18-20-30)32-29(23-11-5-3-6-12-23)21-24-22-31-28-16-10-9-15-27(24)28;/h3-16,22,26,29,31-32H,17-21H2,1-2H3;1H. The van der Waals surface area contributed by atoms with Crippen molar-refractivity contribution < 1.29 is 0 Å². The highest BCUT2D eigenvalue weighted by Gasteiger charge is 2.39. The van der Waals surface area contributed by atoms with Gasteiger partial charge in [0, 0.05) is 34.7 Å². The predicted octanol–water partition coefficient (Wildman–Crippen LogP) is 6.86. The van der Waals surface area contributed by atoms with Gasteiger partial charge in [-0.2, -0.15) is 0 Å². The number of aromatic nitrogens is 1. The molecule has 34 heavy (non-hydrogen) atoms. The molecule has 1 aliphatic rings. The van der Waals surface area contributed by atoms with Gasteiger partial charge in [-0.1, -0.05) is 78.9 Å². The minimum Gasteiger partial charge on any atom is -0.361 e. The molecule has 0 saturated heterocycles. The molecule has 3 aromatic carbocycles. The predicted molar refractivity (Wildman–Crippen MR) is 146 cm³/mol. The molecule has 1 aromatic heterocycles. The van der Waals surface area contributed by atoms with E-state index in [1.54, 1.807) is 0 Å². The van der Waals surface area contributed by atoms with Gasteiger partial charge in [0.2, 0.25) is 0 Å². The van der Waals surface area contributed by atoms with E-state index in [4.69, 9.17) is 0 Å². The third-order valence-electron chi connectivity index (χ3n) is 7.72. The second-order valence-electron chi connectivity index (χ2n) is 9.76. The smallest absolute Gasteiger partial charge is 0.0456 e. The van der Waals surface area contributed by atoms with Gasteiger partial charge in [0.25, 0.3) is 0 Å². The van der Waals surface area contributed by atoms with Crippen molar-refractivity contribution in [3.05, 3.63) is 108 Å². The number of H-pyrrole nitrogens is 1. The Hall–Kier alpha value is -2.59. The highest BCUT2D eigenvalue weighted by Crippen LogP contribution is 2.41. The third-order valence-corrected chi connectivity index (χ3v) is 7.72. The first-order valence-corrected chi connectivity index (χ1v) is 12.2. The van der Waals surface area contributed by atoms with Crippen LogP contribution in [0.5, 0.6) is 0 Å². The molecule has 2 N–H and O–H groups in total. The monoisotopic (exact) mass is 473 g/mol. The third kappa shape index (κ3) is 4.93. The number of para-hydroxylation sites is 1. The van der Waals surface area contributed by atoms with Crippen molar-refractivity contribution in [2.24, 2.45) is 0 Å². The highest BCUT2D eigenvalue weighted by atomic mass is 35.5. The maximum Gasteiger partial charge on any atom is 0.0456 e. The molecule has 1 atom stereocenters. The SMILES string of the molecule is CN(C)C1(c2ccccc2)CCC(NC(Cc2c[nH]c3ccccc23)c2ccccc2)CC1.Cl. The fraction of sp³-hybridized carbons (Fsp3) is 0.333. The lowest BCUT2D eigenvalue weighted by atomic mass is 9.74. The van der Waals surface area contributed by atoms with Crippen LogP contribution in [0.15, 0.2) is 91.1 Å². The Bertz CT molecular complexity index is 1160. The van der Waals surface area contributed by atoms with E-state index in [1.165, 1.54) is 53.3 Å². The number of fused-ring (bicyclic) bond motifs is 1. The van der Waals surface area contributed by atoms with E-state index >= 15 is 0 Å². The molecule has 0 amide bonds. The van der Waals surface area contributed by atoms with Crippen molar-refractivity contribution in [1.82, 2.24) is 15.2 Å². The van der Waals surface area contributed by atoms with Crippen molar-refractivity contribution in [1.29, 1.82) is 0 Å². The summed E-state index contributed by atoms with van der Waals surface area (Å²) in [5, 5.41) is 5.40. The Morgan fingerprint density at radius 2 is 1.50 bits per heavy atom. The average molecular weight is 474 g/mol. The van der Waals surface area contributed by atoms with Crippen LogP contribution < -0.4 is 5.32 Å². The van der Waals surface area contributed by atoms with Crippen LogP contribution in [0.4, 0.5) is 0 Å². The summed E-state index contributed by atoms with van der Waals surface area (Å²) in [6.45, 7) is 0. The fourth-order valence-corrected chi connectivity index (χ4v) is 5.77. The summed E-state index contributed by atoms with van der Waals surface area (Å²) in [5.74, 6) is 0. The minimum atomic E-state index is 0. The quantitative estimate of drug-likeness (QED) is 0.307. The molecule has 0 bridgehead atoms. The van der Waals surface area contributed by atoms with Gasteiger partial charge < -0.3 is 10.3 Å². The summed E-state index contributed by atoms with van der Waals surface area (Å²) >= 11 is 0. The first-order chi connectivity index (χ1) is 16.2. The summed E-state index contributed by atoms with van der Waals surface area (Å²) in [6.07, 6.45) is 7.90. The number of nitrogens with one attached hydrogen (secondary N) is 2. The van der Waals surface area contributed by atoms with E-state index in [2.05, 4.69) is 120 Å². The first-order valence-electron chi connectivity index (χ1n) is 12.2. The Balaban J connectivity index is 0.00000274. The van der Waals surface area contributed by atoms with Gasteiger partial charge in [-0.05, 0) is 69.0 Å². The van der Waals surface area contributed by atoms with Crippen molar-refractivity contribution in [3.63, 3.8) is 0 Å². The van der Waals surface area contributed by atoms with Crippen molar-refractivity contribution >= 4 is 23.3 Å². The maximum atomic E-state index is 4.07. The van der Waals surface area contributed by atoms with Gasteiger partial charge >= 0.3 is 0 Å². The summed E-state index contributed by atoms with van der Waals surface area (Å²) in [6, 6.07) is 31.5. The largest absolute Gasteiger partial charge is 0.361 e. The molecule has 0 spiro atoms. The number of rotatable bonds is 7. The molecule has 0 aliphatic heterocycles. The van der Waals surface area contributed by atoms with Crippen LogP contribution in [0, 0.1) is 0 Å².